The van der Waals surface area contributed by atoms with Gasteiger partial charge in [0.2, 0.25) is 0 Å². The molecule has 0 fully saturated rings. The SMILES string of the molecule is C=CCSC1=NN2[C@H](c3ccccc3Br)Nc3ccccc3[C@@H]2C(=O)N1. The van der Waals surface area contributed by atoms with Crippen molar-refractivity contribution >= 4 is 44.5 Å². The van der Waals surface area contributed by atoms with Crippen molar-refractivity contribution in [1.29, 1.82) is 0 Å². The number of amides is 1. The predicted octanol–water partition coefficient (Wildman–Crippen LogP) is 4.24. The average Bonchev–Trinajstić information content (AvgIpc) is 2.66. The molecule has 2 heterocycles. The number of carbonyl (C=O) groups is 1. The van der Waals surface area contributed by atoms with Crippen LogP contribution in [0.25, 0.3) is 0 Å². The Morgan fingerprint density at radius 1 is 1.19 bits per heavy atom. The highest BCUT2D eigenvalue weighted by molar-refractivity contribution is 9.10. The molecule has 4 rings (SSSR count). The zero-order chi connectivity index (χ0) is 18.1. The normalized spacial score (nSPS) is 21.0. The first-order valence-corrected chi connectivity index (χ1v) is 9.98. The first-order chi connectivity index (χ1) is 12.7. The van der Waals surface area contributed by atoms with E-state index >= 15 is 0 Å². The topological polar surface area (TPSA) is 56.7 Å². The van der Waals surface area contributed by atoms with E-state index in [2.05, 4.69) is 33.1 Å². The van der Waals surface area contributed by atoms with Crippen molar-refractivity contribution in [3.8, 4) is 0 Å². The van der Waals surface area contributed by atoms with E-state index in [0.29, 0.717) is 10.9 Å². The van der Waals surface area contributed by atoms with E-state index < -0.39 is 6.04 Å². The van der Waals surface area contributed by atoms with Gasteiger partial charge in [0.05, 0.1) is 0 Å². The zero-order valence-electron chi connectivity index (χ0n) is 13.9. The number of nitrogens with zero attached hydrogens (tertiary/aromatic N) is 2. The maximum absolute atomic E-state index is 12.9. The molecular formula is C19H17BrN4OS. The Bertz CT molecular complexity index is 901. The molecule has 2 N–H and O–H groups in total. The fourth-order valence-corrected chi connectivity index (χ4v) is 4.27. The second-order valence-corrected chi connectivity index (χ2v) is 7.80. The smallest absolute Gasteiger partial charge is 0.255 e. The van der Waals surface area contributed by atoms with Crippen molar-refractivity contribution in [2.24, 2.45) is 5.10 Å². The van der Waals surface area contributed by atoms with E-state index in [1.807, 2.05) is 53.5 Å². The van der Waals surface area contributed by atoms with Gasteiger partial charge in [-0.2, -0.15) is 0 Å². The van der Waals surface area contributed by atoms with Crippen LogP contribution >= 0.6 is 27.7 Å². The molecule has 0 unspecified atom stereocenters. The molecule has 2 aromatic rings. The third kappa shape index (κ3) is 3.01. The van der Waals surface area contributed by atoms with Gasteiger partial charge in [-0.05, 0) is 12.1 Å². The van der Waals surface area contributed by atoms with E-state index in [0.717, 1.165) is 21.3 Å². The number of hydrogen-bond donors (Lipinski definition) is 2. The molecule has 0 aromatic heterocycles. The standard InChI is InChI=1S/C19H17BrN4OS/c1-2-11-26-19-22-18(25)16-13-8-4-6-10-15(13)21-17(24(16)23-19)12-7-3-5-9-14(12)20/h2-10,16-17,21H,1,11H2,(H,22,23,25)/t16-,17-/m1/s1. The lowest BCUT2D eigenvalue weighted by molar-refractivity contribution is -0.127. The van der Waals surface area contributed by atoms with E-state index in [9.17, 15) is 4.79 Å². The summed E-state index contributed by atoms with van der Waals surface area (Å²) >= 11 is 5.08. The maximum atomic E-state index is 12.9. The van der Waals surface area contributed by atoms with Gasteiger partial charge in [-0.3, -0.25) is 9.80 Å². The highest BCUT2D eigenvalue weighted by Gasteiger charge is 2.42. The summed E-state index contributed by atoms with van der Waals surface area (Å²) in [6.45, 7) is 3.73. The number of benzene rings is 2. The van der Waals surface area contributed by atoms with E-state index in [-0.39, 0.29) is 12.1 Å². The minimum absolute atomic E-state index is 0.0717. The summed E-state index contributed by atoms with van der Waals surface area (Å²) < 4.78 is 0.970. The number of fused-ring (bicyclic) bond motifs is 3. The Kier molecular flexibility index (Phi) is 4.74. The molecule has 0 saturated carbocycles. The molecule has 2 aromatic carbocycles. The number of anilines is 1. The van der Waals surface area contributed by atoms with Crippen LogP contribution in [0, 0.1) is 0 Å². The van der Waals surface area contributed by atoms with Crippen LogP contribution in [-0.4, -0.2) is 21.8 Å². The quantitative estimate of drug-likeness (QED) is 0.717. The third-order valence-electron chi connectivity index (χ3n) is 4.30. The molecule has 0 bridgehead atoms. The molecule has 132 valence electrons. The average molecular weight is 429 g/mol. The summed E-state index contributed by atoms with van der Waals surface area (Å²) in [5.41, 5.74) is 2.89. The van der Waals surface area contributed by atoms with Crippen molar-refractivity contribution < 1.29 is 4.79 Å². The van der Waals surface area contributed by atoms with Gasteiger partial charge in [0.15, 0.2) is 11.2 Å². The minimum atomic E-state index is -0.474. The zero-order valence-corrected chi connectivity index (χ0v) is 16.3. The molecule has 2 aliphatic heterocycles. The molecule has 0 radical (unpaired) electrons. The van der Waals surface area contributed by atoms with Crippen LogP contribution in [0.3, 0.4) is 0 Å². The second-order valence-electron chi connectivity index (χ2n) is 5.93. The van der Waals surface area contributed by atoms with Crippen molar-refractivity contribution in [3.05, 3.63) is 76.8 Å². The number of rotatable bonds is 3. The van der Waals surface area contributed by atoms with Crippen LogP contribution in [0.2, 0.25) is 0 Å². The Labute approximate surface area is 164 Å². The molecule has 2 atom stereocenters. The lowest BCUT2D eigenvalue weighted by Crippen LogP contribution is -2.51. The first kappa shape index (κ1) is 17.2. The third-order valence-corrected chi connectivity index (χ3v) is 5.88. The van der Waals surface area contributed by atoms with Crippen molar-refractivity contribution in [2.75, 3.05) is 11.1 Å². The summed E-state index contributed by atoms with van der Waals surface area (Å²) in [6, 6.07) is 15.4. The van der Waals surface area contributed by atoms with Gasteiger partial charge in [-0.1, -0.05) is 70.2 Å². The maximum Gasteiger partial charge on any atom is 0.255 e. The predicted molar refractivity (Wildman–Crippen MR) is 110 cm³/mol. The first-order valence-electron chi connectivity index (χ1n) is 8.20. The van der Waals surface area contributed by atoms with Gasteiger partial charge in [0.25, 0.3) is 5.91 Å². The number of hydrazone groups is 1. The van der Waals surface area contributed by atoms with Gasteiger partial charge < -0.3 is 10.6 Å². The number of halogens is 1. The van der Waals surface area contributed by atoms with Gasteiger partial charge in [-0.25, -0.2) is 0 Å². The van der Waals surface area contributed by atoms with Gasteiger partial charge in [0, 0.05) is 27.0 Å². The van der Waals surface area contributed by atoms with Crippen LogP contribution in [0.1, 0.15) is 23.3 Å². The highest BCUT2D eigenvalue weighted by Crippen LogP contribution is 2.43. The van der Waals surface area contributed by atoms with Crippen molar-refractivity contribution in [3.63, 3.8) is 0 Å². The molecular weight excluding hydrogens is 412 g/mol. The number of thioether (sulfide) groups is 1. The Morgan fingerprint density at radius 3 is 2.69 bits per heavy atom. The fourth-order valence-electron chi connectivity index (χ4n) is 3.17. The molecule has 1 amide bonds. The summed E-state index contributed by atoms with van der Waals surface area (Å²) in [5, 5.41) is 13.6. The summed E-state index contributed by atoms with van der Waals surface area (Å²) in [5.74, 6) is 0.610. The fraction of sp³-hybridized carbons (Fsp3) is 0.158. The number of amidine groups is 1. The lowest BCUT2D eigenvalue weighted by Gasteiger charge is -2.44. The minimum Gasteiger partial charge on any atom is -0.360 e. The number of para-hydroxylation sites is 1. The van der Waals surface area contributed by atoms with Crippen molar-refractivity contribution in [1.82, 2.24) is 10.3 Å². The highest BCUT2D eigenvalue weighted by atomic mass is 79.9. The Morgan fingerprint density at radius 2 is 1.92 bits per heavy atom. The van der Waals surface area contributed by atoms with Crippen molar-refractivity contribution in [2.45, 2.75) is 12.2 Å². The molecule has 0 saturated heterocycles. The molecule has 26 heavy (non-hydrogen) atoms. The van der Waals surface area contributed by atoms with E-state index in [1.165, 1.54) is 11.8 Å². The molecule has 0 aliphatic carbocycles. The summed E-state index contributed by atoms with van der Waals surface area (Å²) in [7, 11) is 0. The molecule has 7 heteroatoms. The summed E-state index contributed by atoms with van der Waals surface area (Å²) in [4.78, 5) is 12.9. The molecule has 2 aliphatic rings. The monoisotopic (exact) mass is 428 g/mol. The van der Waals surface area contributed by atoms with Crippen LogP contribution in [-0.2, 0) is 4.79 Å². The van der Waals surface area contributed by atoms with Crippen LogP contribution < -0.4 is 10.6 Å². The molecule has 5 nitrogen and oxygen atoms in total. The largest absolute Gasteiger partial charge is 0.360 e. The second kappa shape index (κ2) is 7.17. The van der Waals surface area contributed by atoms with Crippen LogP contribution in [0.4, 0.5) is 5.69 Å². The number of hydrogen-bond acceptors (Lipinski definition) is 5. The summed E-state index contributed by atoms with van der Waals surface area (Å²) in [6.07, 6.45) is 1.54. The van der Waals surface area contributed by atoms with Crippen LogP contribution in [0.5, 0.6) is 0 Å². The lowest BCUT2D eigenvalue weighted by atomic mass is 9.97. The van der Waals surface area contributed by atoms with Crippen LogP contribution in [0.15, 0.2) is 70.8 Å². The van der Waals surface area contributed by atoms with E-state index in [4.69, 9.17) is 5.10 Å². The number of nitrogens with one attached hydrogen (secondary N) is 2. The Hall–Kier alpha value is -2.25. The van der Waals surface area contributed by atoms with Gasteiger partial charge in [0.1, 0.15) is 6.17 Å². The van der Waals surface area contributed by atoms with Gasteiger partial charge in [-0.15, -0.1) is 11.7 Å². The van der Waals surface area contributed by atoms with E-state index in [1.54, 1.807) is 6.08 Å². The van der Waals surface area contributed by atoms with Gasteiger partial charge >= 0.3 is 0 Å². The number of carbonyl (C=O) groups excluding carboxylic acids is 1. The Balaban J connectivity index is 1.83. The molecule has 0 spiro atoms.